The SMILES string of the molecule is CCCSCCCNC(=O)c1[nH]c2cc(OC)ccc2c1Sc1ccccc1. The van der Waals surface area contributed by atoms with Crippen LogP contribution in [0.2, 0.25) is 0 Å². The molecule has 0 saturated heterocycles. The number of ether oxygens (including phenoxy) is 1. The van der Waals surface area contributed by atoms with Gasteiger partial charge in [0, 0.05) is 22.9 Å². The Hall–Kier alpha value is -2.05. The van der Waals surface area contributed by atoms with Crippen molar-refractivity contribution in [1.82, 2.24) is 10.3 Å². The van der Waals surface area contributed by atoms with Crippen molar-refractivity contribution in [3.8, 4) is 5.75 Å². The van der Waals surface area contributed by atoms with E-state index in [-0.39, 0.29) is 5.91 Å². The summed E-state index contributed by atoms with van der Waals surface area (Å²) in [5.74, 6) is 2.96. The molecule has 1 heterocycles. The van der Waals surface area contributed by atoms with Crippen molar-refractivity contribution in [2.45, 2.75) is 29.6 Å². The molecule has 6 heteroatoms. The largest absolute Gasteiger partial charge is 0.497 e. The first-order valence-electron chi connectivity index (χ1n) is 9.51. The van der Waals surface area contributed by atoms with Gasteiger partial charge >= 0.3 is 0 Å². The zero-order chi connectivity index (χ0) is 19.8. The number of hydrogen-bond acceptors (Lipinski definition) is 4. The Morgan fingerprint density at radius 3 is 2.71 bits per heavy atom. The van der Waals surface area contributed by atoms with Crippen LogP contribution in [0.25, 0.3) is 10.9 Å². The highest BCUT2D eigenvalue weighted by molar-refractivity contribution is 7.99. The molecule has 0 unspecified atom stereocenters. The fraction of sp³-hybridized carbons (Fsp3) is 0.318. The van der Waals surface area contributed by atoms with Crippen LogP contribution in [0.15, 0.2) is 58.3 Å². The number of hydrogen-bond donors (Lipinski definition) is 2. The van der Waals surface area contributed by atoms with Gasteiger partial charge in [0.05, 0.1) is 17.5 Å². The molecule has 0 saturated carbocycles. The van der Waals surface area contributed by atoms with Gasteiger partial charge in [-0.1, -0.05) is 36.9 Å². The van der Waals surface area contributed by atoms with Crippen LogP contribution in [0.1, 0.15) is 30.3 Å². The number of nitrogens with one attached hydrogen (secondary N) is 2. The second-order valence-electron chi connectivity index (χ2n) is 6.38. The lowest BCUT2D eigenvalue weighted by Crippen LogP contribution is -2.25. The minimum absolute atomic E-state index is 0.0610. The van der Waals surface area contributed by atoms with E-state index in [0.717, 1.165) is 38.6 Å². The van der Waals surface area contributed by atoms with E-state index in [1.54, 1.807) is 18.9 Å². The predicted octanol–water partition coefficient (Wildman–Crippen LogP) is 5.59. The molecular formula is C22H26N2O2S2. The standard InChI is InChI=1S/C22H26N2O2S2/c1-3-13-27-14-7-12-23-22(25)20-21(28-17-8-5-4-6-9-17)18-11-10-16(26-2)15-19(18)24-20/h4-6,8-11,15,24H,3,7,12-14H2,1-2H3,(H,23,25). The minimum Gasteiger partial charge on any atom is -0.497 e. The number of aromatic nitrogens is 1. The van der Waals surface area contributed by atoms with Crippen LogP contribution in [0, 0.1) is 0 Å². The molecule has 0 radical (unpaired) electrons. The molecule has 1 aromatic heterocycles. The summed E-state index contributed by atoms with van der Waals surface area (Å²) in [4.78, 5) is 18.2. The van der Waals surface area contributed by atoms with Crippen LogP contribution >= 0.6 is 23.5 Å². The molecule has 2 N–H and O–H groups in total. The van der Waals surface area contributed by atoms with Gasteiger partial charge in [-0.15, -0.1) is 0 Å². The molecule has 0 bridgehead atoms. The highest BCUT2D eigenvalue weighted by Gasteiger charge is 2.19. The summed E-state index contributed by atoms with van der Waals surface area (Å²) in [6.07, 6.45) is 2.17. The third-order valence-corrected chi connectivity index (χ3v) is 6.66. The van der Waals surface area contributed by atoms with Crippen molar-refractivity contribution in [3.63, 3.8) is 0 Å². The third-order valence-electron chi connectivity index (χ3n) is 4.25. The van der Waals surface area contributed by atoms with Gasteiger partial charge in [-0.05, 0) is 48.6 Å². The minimum atomic E-state index is -0.0610. The summed E-state index contributed by atoms with van der Waals surface area (Å²) in [5, 5.41) is 4.09. The van der Waals surface area contributed by atoms with Crippen molar-refractivity contribution in [2.24, 2.45) is 0 Å². The molecule has 1 amide bonds. The first kappa shape index (κ1) is 20.7. The molecular weight excluding hydrogens is 388 g/mol. The Labute approximate surface area is 174 Å². The van der Waals surface area contributed by atoms with Gasteiger partial charge in [0.25, 0.3) is 5.91 Å². The van der Waals surface area contributed by atoms with Gasteiger partial charge in [0.2, 0.25) is 0 Å². The normalized spacial score (nSPS) is 10.9. The van der Waals surface area contributed by atoms with E-state index in [4.69, 9.17) is 4.74 Å². The summed E-state index contributed by atoms with van der Waals surface area (Å²) < 4.78 is 5.33. The fourth-order valence-electron chi connectivity index (χ4n) is 2.86. The highest BCUT2D eigenvalue weighted by atomic mass is 32.2. The van der Waals surface area contributed by atoms with Crippen LogP contribution in [0.4, 0.5) is 0 Å². The summed E-state index contributed by atoms with van der Waals surface area (Å²) >= 11 is 3.54. The van der Waals surface area contributed by atoms with Gasteiger partial charge in [0.1, 0.15) is 11.4 Å². The lowest BCUT2D eigenvalue weighted by molar-refractivity contribution is 0.0946. The van der Waals surface area contributed by atoms with E-state index < -0.39 is 0 Å². The number of methoxy groups -OCH3 is 1. The summed E-state index contributed by atoms with van der Waals surface area (Å²) in [6, 6.07) is 16.0. The number of rotatable bonds is 10. The molecule has 0 aliphatic heterocycles. The van der Waals surface area contributed by atoms with Gasteiger partial charge in [-0.2, -0.15) is 11.8 Å². The summed E-state index contributed by atoms with van der Waals surface area (Å²) in [6.45, 7) is 2.87. The number of benzene rings is 2. The molecule has 3 rings (SSSR count). The Balaban J connectivity index is 1.80. The lowest BCUT2D eigenvalue weighted by atomic mass is 10.2. The molecule has 28 heavy (non-hydrogen) atoms. The molecule has 148 valence electrons. The van der Waals surface area contributed by atoms with Crippen molar-refractivity contribution in [1.29, 1.82) is 0 Å². The molecule has 0 atom stereocenters. The van der Waals surface area contributed by atoms with Gasteiger partial charge < -0.3 is 15.0 Å². The van der Waals surface area contributed by atoms with E-state index >= 15 is 0 Å². The Bertz CT molecular complexity index is 910. The molecule has 0 spiro atoms. The second kappa shape index (κ2) is 10.5. The number of carbonyl (C=O) groups excluding carboxylic acids is 1. The zero-order valence-corrected chi connectivity index (χ0v) is 17.9. The van der Waals surface area contributed by atoms with Gasteiger partial charge in [-0.25, -0.2) is 0 Å². The van der Waals surface area contributed by atoms with E-state index in [1.165, 1.54) is 12.2 Å². The van der Waals surface area contributed by atoms with E-state index in [1.807, 2.05) is 48.2 Å². The van der Waals surface area contributed by atoms with E-state index in [0.29, 0.717) is 12.2 Å². The van der Waals surface area contributed by atoms with Crippen LogP contribution < -0.4 is 10.1 Å². The highest BCUT2D eigenvalue weighted by Crippen LogP contribution is 2.37. The number of H-pyrrole nitrogens is 1. The topological polar surface area (TPSA) is 54.1 Å². The average molecular weight is 415 g/mol. The first-order valence-corrected chi connectivity index (χ1v) is 11.5. The van der Waals surface area contributed by atoms with Gasteiger partial charge in [0.15, 0.2) is 0 Å². The zero-order valence-electron chi connectivity index (χ0n) is 16.3. The lowest BCUT2D eigenvalue weighted by Gasteiger charge is -2.07. The number of fused-ring (bicyclic) bond motifs is 1. The molecule has 2 aromatic carbocycles. The van der Waals surface area contributed by atoms with Crippen LogP contribution in [-0.2, 0) is 0 Å². The summed E-state index contributed by atoms with van der Waals surface area (Å²) in [5.41, 5.74) is 1.51. The maximum absolute atomic E-state index is 12.9. The van der Waals surface area contributed by atoms with E-state index in [2.05, 4.69) is 29.4 Å². The Morgan fingerprint density at radius 1 is 1.14 bits per heavy atom. The second-order valence-corrected chi connectivity index (χ2v) is 8.69. The number of aromatic amines is 1. The molecule has 3 aromatic rings. The van der Waals surface area contributed by atoms with E-state index in [9.17, 15) is 4.79 Å². The third kappa shape index (κ3) is 5.26. The fourth-order valence-corrected chi connectivity index (χ4v) is 4.76. The van der Waals surface area contributed by atoms with Crippen molar-refractivity contribution in [2.75, 3.05) is 25.2 Å². The van der Waals surface area contributed by atoms with Crippen LogP contribution in [0.5, 0.6) is 5.75 Å². The molecule has 0 aliphatic carbocycles. The number of thioether (sulfide) groups is 1. The average Bonchev–Trinajstić information content (AvgIpc) is 3.08. The maximum Gasteiger partial charge on any atom is 0.268 e. The smallest absolute Gasteiger partial charge is 0.268 e. The first-order chi connectivity index (χ1) is 13.7. The van der Waals surface area contributed by atoms with Crippen molar-refractivity contribution >= 4 is 40.3 Å². The molecule has 0 aliphatic rings. The summed E-state index contributed by atoms with van der Waals surface area (Å²) in [7, 11) is 1.65. The van der Waals surface area contributed by atoms with Crippen molar-refractivity contribution < 1.29 is 9.53 Å². The van der Waals surface area contributed by atoms with Gasteiger partial charge in [-0.3, -0.25) is 4.79 Å². The number of amides is 1. The molecule has 0 fully saturated rings. The monoisotopic (exact) mass is 414 g/mol. The Kier molecular flexibility index (Phi) is 7.74. The Morgan fingerprint density at radius 2 is 1.96 bits per heavy atom. The maximum atomic E-state index is 12.9. The van der Waals surface area contributed by atoms with Crippen LogP contribution in [0.3, 0.4) is 0 Å². The van der Waals surface area contributed by atoms with Crippen LogP contribution in [-0.4, -0.2) is 36.1 Å². The quantitative estimate of drug-likeness (QED) is 0.425. The molecule has 4 nitrogen and oxygen atoms in total. The predicted molar refractivity (Wildman–Crippen MR) is 120 cm³/mol. The van der Waals surface area contributed by atoms with Crippen molar-refractivity contribution in [3.05, 3.63) is 54.2 Å². The number of carbonyl (C=O) groups is 1.